The molecule has 21 heavy (non-hydrogen) atoms. The van der Waals surface area contributed by atoms with Crippen molar-refractivity contribution >= 4 is 24.0 Å². The smallest absolute Gasteiger partial charge is 0.270 e. The molecular formula is C14H17ClN4O2. The molecule has 1 aliphatic heterocycles. The SMILES string of the molecule is CC1CNCCN1C(=O)c1cnc2ccccn2c1=O.Cl. The number of pyridine rings is 1. The molecule has 0 spiro atoms. The van der Waals surface area contributed by atoms with Crippen molar-refractivity contribution in [2.45, 2.75) is 13.0 Å². The molecule has 3 rings (SSSR count). The van der Waals surface area contributed by atoms with Gasteiger partial charge in [0.25, 0.3) is 11.5 Å². The van der Waals surface area contributed by atoms with E-state index in [4.69, 9.17) is 0 Å². The Kier molecular flexibility index (Phi) is 4.59. The van der Waals surface area contributed by atoms with E-state index in [0.717, 1.165) is 13.1 Å². The van der Waals surface area contributed by atoms with Crippen LogP contribution in [0.3, 0.4) is 0 Å². The van der Waals surface area contributed by atoms with Gasteiger partial charge < -0.3 is 10.2 Å². The number of fused-ring (bicyclic) bond motifs is 1. The van der Waals surface area contributed by atoms with Crippen molar-refractivity contribution in [3.8, 4) is 0 Å². The van der Waals surface area contributed by atoms with Crippen molar-refractivity contribution in [2.75, 3.05) is 19.6 Å². The maximum Gasteiger partial charge on any atom is 0.270 e. The van der Waals surface area contributed by atoms with Crippen LogP contribution in [0.4, 0.5) is 0 Å². The van der Waals surface area contributed by atoms with Gasteiger partial charge in [0, 0.05) is 38.1 Å². The van der Waals surface area contributed by atoms with E-state index in [0.29, 0.717) is 12.2 Å². The number of hydrogen-bond acceptors (Lipinski definition) is 4. The number of piperazine rings is 1. The van der Waals surface area contributed by atoms with Crippen molar-refractivity contribution in [1.29, 1.82) is 0 Å². The second-order valence-corrected chi connectivity index (χ2v) is 4.96. The molecule has 7 heteroatoms. The molecule has 0 aliphatic carbocycles. The Morgan fingerprint density at radius 3 is 3.00 bits per heavy atom. The molecule has 0 aromatic carbocycles. The minimum atomic E-state index is -0.314. The van der Waals surface area contributed by atoms with Gasteiger partial charge in [-0.05, 0) is 19.1 Å². The van der Waals surface area contributed by atoms with E-state index in [2.05, 4.69) is 10.3 Å². The van der Waals surface area contributed by atoms with Crippen LogP contribution in [0.2, 0.25) is 0 Å². The van der Waals surface area contributed by atoms with Gasteiger partial charge in [0.15, 0.2) is 0 Å². The Morgan fingerprint density at radius 2 is 2.24 bits per heavy atom. The van der Waals surface area contributed by atoms with Gasteiger partial charge in [0.05, 0.1) is 0 Å². The van der Waals surface area contributed by atoms with E-state index in [9.17, 15) is 9.59 Å². The Hall–Kier alpha value is -1.92. The molecule has 1 fully saturated rings. The summed E-state index contributed by atoms with van der Waals surface area (Å²) < 4.78 is 1.40. The molecule has 6 nitrogen and oxygen atoms in total. The molecule has 0 radical (unpaired) electrons. The minimum Gasteiger partial charge on any atom is -0.333 e. The van der Waals surface area contributed by atoms with Crippen molar-refractivity contribution < 1.29 is 4.79 Å². The summed E-state index contributed by atoms with van der Waals surface area (Å²) in [4.78, 5) is 30.8. The zero-order valence-electron chi connectivity index (χ0n) is 11.7. The van der Waals surface area contributed by atoms with Crippen LogP contribution < -0.4 is 10.9 Å². The summed E-state index contributed by atoms with van der Waals surface area (Å²) in [6, 6.07) is 5.37. The van der Waals surface area contributed by atoms with Gasteiger partial charge in [-0.25, -0.2) is 4.98 Å². The van der Waals surface area contributed by atoms with Crippen molar-refractivity contribution in [1.82, 2.24) is 19.6 Å². The number of amides is 1. The lowest BCUT2D eigenvalue weighted by molar-refractivity contribution is 0.0653. The van der Waals surface area contributed by atoms with Crippen molar-refractivity contribution in [2.24, 2.45) is 0 Å². The van der Waals surface area contributed by atoms with Crippen LogP contribution in [0.25, 0.3) is 5.65 Å². The summed E-state index contributed by atoms with van der Waals surface area (Å²) in [6.45, 7) is 4.07. The maximum atomic E-state index is 12.5. The molecule has 3 heterocycles. The minimum absolute atomic E-state index is 0. The topological polar surface area (TPSA) is 66.7 Å². The fraction of sp³-hybridized carbons (Fsp3) is 0.357. The average molecular weight is 309 g/mol. The predicted molar refractivity (Wildman–Crippen MR) is 82.1 cm³/mol. The lowest BCUT2D eigenvalue weighted by Crippen LogP contribution is -2.53. The van der Waals surface area contributed by atoms with E-state index >= 15 is 0 Å². The van der Waals surface area contributed by atoms with Crippen LogP contribution in [0.15, 0.2) is 35.4 Å². The fourth-order valence-electron chi connectivity index (χ4n) is 2.47. The van der Waals surface area contributed by atoms with E-state index in [1.807, 2.05) is 13.0 Å². The number of nitrogens with zero attached hydrogens (tertiary/aromatic N) is 3. The highest BCUT2D eigenvalue weighted by Crippen LogP contribution is 2.08. The second-order valence-electron chi connectivity index (χ2n) is 4.96. The quantitative estimate of drug-likeness (QED) is 0.835. The highest BCUT2D eigenvalue weighted by atomic mass is 35.5. The van der Waals surface area contributed by atoms with Crippen LogP contribution in [-0.2, 0) is 0 Å². The lowest BCUT2D eigenvalue weighted by Gasteiger charge is -2.33. The van der Waals surface area contributed by atoms with Crippen LogP contribution in [0.5, 0.6) is 0 Å². The molecule has 2 aromatic rings. The standard InChI is InChI=1S/C14H16N4O2.ClH/c1-10-8-15-5-7-17(10)13(19)11-9-16-12-4-2-3-6-18(12)14(11)20;/h2-4,6,9-10,15H,5,7-8H2,1H3;1H. The van der Waals surface area contributed by atoms with Gasteiger partial charge in [-0.15, -0.1) is 12.4 Å². The highest BCUT2D eigenvalue weighted by molar-refractivity contribution is 5.94. The number of nitrogens with one attached hydrogen (secondary N) is 1. The maximum absolute atomic E-state index is 12.5. The molecular weight excluding hydrogens is 292 g/mol. The van der Waals surface area contributed by atoms with Crippen LogP contribution >= 0.6 is 12.4 Å². The molecule has 1 N–H and O–H groups in total. The Bertz CT molecular complexity index is 715. The number of aromatic nitrogens is 2. The zero-order valence-corrected chi connectivity index (χ0v) is 12.5. The first kappa shape index (κ1) is 15.5. The van der Waals surface area contributed by atoms with Crippen molar-refractivity contribution in [3.05, 3.63) is 46.5 Å². The molecule has 1 saturated heterocycles. The predicted octanol–water partition coefficient (Wildman–Crippen LogP) is 0.550. The molecule has 112 valence electrons. The number of carbonyl (C=O) groups is 1. The number of carbonyl (C=O) groups excluding carboxylic acids is 1. The molecule has 0 bridgehead atoms. The summed E-state index contributed by atoms with van der Waals surface area (Å²) >= 11 is 0. The second kappa shape index (κ2) is 6.24. The largest absolute Gasteiger partial charge is 0.333 e. The summed E-state index contributed by atoms with van der Waals surface area (Å²) in [6.07, 6.45) is 3.01. The summed E-state index contributed by atoms with van der Waals surface area (Å²) in [5, 5.41) is 3.22. The van der Waals surface area contributed by atoms with Crippen LogP contribution in [0, 0.1) is 0 Å². The van der Waals surface area contributed by atoms with Gasteiger partial charge in [-0.1, -0.05) is 6.07 Å². The van der Waals surface area contributed by atoms with Gasteiger partial charge in [-0.2, -0.15) is 0 Å². The van der Waals surface area contributed by atoms with Gasteiger partial charge in [0.2, 0.25) is 0 Å². The van der Waals surface area contributed by atoms with Gasteiger partial charge in [0.1, 0.15) is 11.2 Å². The van der Waals surface area contributed by atoms with Gasteiger partial charge >= 0.3 is 0 Å². The van der Waals surface area contributed by atoms with Gasteiger partial charge in [-0.3, -0.25) is 14.0 Å². The van der Waals surface area contributed by atoms with Crippen molar-refractivity contribution in [3.63, 3.8) is 0 Å². The molecule has 1 aliphatic rings. The molecule has 1 unspecified atom stereocenters. The zero-order chi connectivity index (χ0) is 14.1. The molecule has 1 atom stereocenters. The first-order chi connectivity index (χ1) is 9.68. The number of hydrogen-bond donors (Lipinski definition) is 1. The van der Waals surface area contributed by atoms with E-state index < -0.39 is 0 Å². The molecule has 0 saturated carbocycles. The van der Waals surface area contributed by atoms with E-state index in [1.54, 1.807) is 23.2 Å². The summed E-state index contributed by atoms with van der Waals surface area (Å²) in [5.74, 6) is -0.241. The van der Waals surface area contributed by atoms with Crippen LogP contribution in [0.1, 0.15) is 17.3 Å². The molecule has 2 aromatic heterocycles. The number of rotatable bonds is 1. The summed E-state index contributed by atoms with van der Waals surface area (Å²) in [7, 11) is 0. The average Bonchev–Trinajstić information content (AvgIpc) is 2.48. The Labute approximate surface area is 128 Å². The number of halogens is 1. The first-order valence-corrected chi connectivity index (χ1v) is 6.66. The molecule has 1 amide bonds. The lowest BCUT2D eigenvalue weighted by atomic mass is 10.2. The fourth-order valence-corrected chi connectivity index (χ4v) is 2.47. The Morgan fingerprint density at radius 1 is 1.43 bits per heavy atom. The highest BCUT2D eigenvalue weighted by Gasteiger charge is 2.26. The summed E-state index contributed by atoms with van der Waals surface area (Å²) in [5.41, 5.74) is 0.358. The normalized spacial score (nSPS) is 18.3. The van der Waals surface area contributed by atoms with E-state index in [1.165, 1.54) is 10.6 Å². The third-order valence-corrected chi connectivity index (χ3v) is 3.61. The third-order valence-electron chi connectivity index (χ3n) is 3.61. The monoisotopic (exact) mass is 308 g/mol. The third kappa shape index (κ3) is 2.77. The first-order valence-electron chi connectivity index (χ1n) is 6.66. The Balaban J connectivity index is 0.00000161. The van der Waals surface area contributed by atoms with E-state index in [-0.39, 0.29) is 35.5 Å². The van der Waals surface area contributed by atoms with Crippen LogP contribution in [-0.4, -0.2) is 45.9 Å².